The molecule has 0 aliphatic carbocycles. The molecule has 7 aromatic carbocycles. The molecule has 9 rings (SSSR count). The van der Waals surface area contributed by atoms with E-state index in [0.717, 1.165) is 65.9 Å². The van der Waals surface area contributed by atoms with Crippen LogP contribution in [0.25, 0.3) is 88.8 Å². The van der Waals surface area contributed by atoms with Crippen LogP contribution in [0.1, 0.15) is 0 Å². The first-order chi connectivity index (χ1) is 22.3. The fraction of sp³-hybridized carbons (Fsp3) is 0. The van der Waals surface area contributed by atoms with Crippen LogP contribution in [0, 0.1) is 0 Å². The molecular formula is C41H25N3O. The van der Waals surface area contributed by atoms with Crippen LogP contribution >= 0.6 is 0 Å². The fourth-order valence-electron chi connectivity index (χ4n) is 6.31. The lowest BCUT2D eigenvalue weighted by atomic mass is 9.93. The summed E-state index contributed by atoms with van der Waals surface area (Å²) in [5.74, 6) is 1.96. The minimum atomic E-state index is 0.651. The zero-order valence-corrected chi connectivity index (χ0v) is 24.2. The van der Waals surface area contributed by atoms with Crippen LogP contribution in [0.5, 0.6) is 0 Å². The smallest absolute Gasteiger partial charge is 0.164 e. The van der Waals surface area contributed by atoms with E-state index in [0.29, 0.717) is 17.5 Å². The Morgan fingerprint density at radius 1 is 0.333 bits per heavy atom. The molecule has 0 unspecified atom stereocenters. The maximum absolute atomic E-state index is 6.15. The van der Waals surface area contributed by atoms with E-state index in [-0.39, 0.29) is 0 Å². The highest BCUT2D eigenvalue weighted by Gasteiger charge is 2.16. The molecule has 0 fully saturated rings. The Morgan fingerprint density at radius 2 is 0.911 bits per heavy atom. The summed E-state index contributed by atoms with van der Waals surface area (Å²) in [5.41, 5.74) is 7.02. The van der Waals surface area contributed by atoms with E-state index in [4.69, 9.17) is 19.4 Å². The number of benzene rings is 7. The number of para-hydroxylation sites is 1. The second kappa shape index (κ2) is 10.2. The first kappa shape index (κ1) is 25.4. The summed E-state index contributed by atoms with van der Waals surface area (Å²) in [6.45, 7) is 0. The number of aromatic nitrogens is 3. The van der Waals surface area contributed by atoms with Crippen molar-refractivity contribution < 1.29 is 4.42 Å². The lowest BCUT2D eigenvalue weighted by Crippen LogP contribution is -2.00. The van der Waals surface area contributed by atoms with Gasteiger partial charge in [0, 0.05) is 27.5 Å². The zero-order valence-electron chi connectivity index (χ0n) is 24.2. The van der Waals surface area contributed by atoms with Gasteiger partial charge in [-0.3, -0.25) is 0 Å². The van der Waals surface area contributed by atoms with Gasteiger partial charge in [-0.05, 0) is 63.0 Å². The van der Waals surface area contributed by atoms with Crippen LogP contribution in [-0.4, -0.2) is 15.0 Å². The third-order valence-corrected chi connectivity index (χ3v) is 8.51. The normalized spacial score (nSPS) is 11.6. The summed E-state index contributed by atoms with van der Waals surface area (Å²) in [6.07, 6.45) is 0. The summed E-state index contributed by atoms with van der Waals surface area (Å²) >= 11 is 0. The molecular weight excluding hydrogens is 550 g/mol. The average molecular weight is 576 g/mol. The van der Waals surface area contributed by atoms with Gasteiger partial charge in [-0.25, -0.2) is 15.0 Å². The van der Waals surface area contributed by atoms with E-state index >= 15 is 0 Å². The standard InChI is InChI=1S/C41H25N3O/c1-3-11-26(12-4-1)39-42-40(27-13-5-2-6-14-27)44-41(43-39)35-22-21-31(32-15-7-8-16-33(32)35)29-20-19-28-25-38-36(24-30(28)23-29)34-17-9-10-18-37(34)45-38/h1-25H. The summed E-state index contributed by atoms with van der Waals surface area (Å²) < 4.78 is 6.15. The largest absolute Gasteiger partial charge is 0.456 e. The second-order valence-electron chi connectivity index (χ2n) is 11.3. The molecule has 0 aliphatic heterocycles. The van der Waals surface area contributed by atoms with Crippen molar-refractivity contribution >= 4 is 43.5 Å². The summed E-state index contributed by atoms with van der Waals surface area (Å²) in [6, 6.07) is 52.3. The Morgan fingerprint density at radius 3 is 1.62 bits per heavy atom. The van der Waals surface area contributed by atoms with Gasteiger partial charge in [-0.15, -0.1) is 0 Å². The number of nitrogens with zero attached hydrogens (tertiary/aromatic N) is 3. The van der Waals surface area contributed by atoms with Crippen molar-refractivity contribution in [3.05, 3.63) is 152 Å². The molecule has 0 bridgehead atoms. The monoisotopic (exact) mass is 575 g/mol. The predicted molar refractivity (Wildman–Crippen MR) is 184 cm³/mol. The summed E-state index contributed by atoms with van der Waals surface area (Å²) in [5, 5.41) is 6.84. The Hall–Kier alpha value is -6.13. The number of rotatable bonds is 4. The molecule has 0 atom stereocenters. The van der Waals surface area contributed by atoms with E-state index in [1.807, 2.05) is 72.8 Å². The Bertz CT molecular complexity index is 2480. The van der Waals surface area contributed by atoms with Gasteiger partial charge in [-0.1, -0.05) is 121 Å². The maximum Gasteiger partial charge on any atom is 0.164 e. The first-order valence-corrected chi connectivity index (χ1v) is 15.0. The highest BCUT2D eigenvalue weighted by atomic mass is 16.3. The van der Waals surface area contributed by atoms with Crippen LogP contribution in [0.4, 0.5) is 0 Å². The Balaban J connectivity index is 1.22. The molecule has 2 aromatic heterocycles. The minimum absolute atomic E-state index is 0.651. The van der Waals surface area contributed by atoms with Gasteiger partial charge in [0.1, 0.15) is 11.2 Å². The molecule has 0 saturated heterocycles. The number of hydrogen-bond donors (Lipinski definition) is 0. The molecule has 0 spiro atoms. The van der Waals surface area contributed by atoms with Crippen LogP contribution in [-0.2, 0) is 0 Å². The molecule has 4 heteroatoms. The molecule has 9 aromatic rings. The van der Waals surface area contributed by atoms with Crippen molar-refractivity contribution in [3.63, 3.8) is 0 Å². The maximum atomic E-state index is 6.15. The van der Waals surface area contributed by atoms with Gasteiger partial charge in [-0.2, -0.15) is 0 Å². The highest BCUT2D eigenvalue weighted by molar-refractivity contribution is 6.11. The molecule has 0 saturated carbocycles. The average Bonchev–Trinajstić information content (AvgIpc) is 3.48. The SMILES string of the molecule is c1ccc(-c2nc(-c3ccccc3)nc(-c3ccc(-c4ccc5cc6oc7ccccc7c6cc5c4)c4ccccc34)n2)cc1. The number of fused-ring (bicyclic) bond motifs is 5. The van der Waals surface area contributed by atoms with Gasteiger partial charge < -0.3 is 4.42 Å². The molecule has 0 amide bonds. The molecule has 0 radical (unpaired) electrons. The summed E-state index contributed by atoms with van der Waals surface area (Å²) in [4.78, 5) is 14.9. The van der Waals surface area contributed by atoms with Crippen LogP contribution in [0.15, 0.2) is 156 Å². The lowest BCUT2D eigenvalue weighted by molar-refractivity contribution is 0.669. The van der Waals surface area contributed by atoms with Gasteiger partial charge >= 0.3 is 0 Å². The van der Waals surface area contributed by atoms with Crippen LogP contribution in [0.3, 0.4) is 0 Å². The number of hydrogen-bond acceptors (Lipinski definition) is 4. The minimum Gasteiger partial charge on any atom is -0.456 e. The predicted octanol–water partition coefficient (Wildman–Crippen LogP) is 10.7. The van der Waals surface area contributed by atoms with Crippen LogP contribution in [0.2, 0.25) is 0 Å². The first-order valence-electron chi connectivity index (χ1n) is 15.0. The molecule has 210 valence electrons. The van der Waals surface area contributed by atoms with Gasteiger partial charge in [0.15, 0.2) is 17.5 Å². The molecule has 0 N–H and O–H groups in total. The van der Waals surface area contributed by atoms with E-state index < -0.39 is 0 Å². The molecule has 0 aliphatic rings. The molecule has 2 heterocycles. The topological polar surface area (TPSA) is 51.8 Å². The second-order valence-corrected chi connectivity index (χ2v) is 11.3. The van der Waals surface area contributed by atoms with E-state index in [2.05, 4.69) is 78.9 Å². The van der Waals surface area contributed by atoms with Gasteiger partial charge in [0.25, 0.3) is 0 Å². The van der Waals surface area contributed by atoms with Crippen molar-refractivity contribution in [2.75, 3.05) is 0 Å². The van der Waals surface area contributed by atoms with Gasteiger partial charge in [0.05, 0.1) is 0 Å². The fourth-order valence-corrected chi connectivity index (χ4v) is 6.31. The molecule has 4 nitrogen and oxygen atoms in total. The molecule has 45 heavy (non-hydrogen) atoms. The summed E-state index contributed by atoms with van der Waals surface area (Å²) in [7, 11) is 0. The van der Waals surface area contributed by atoms with Crippen molar-refractivity contribution in [3.8, 4) is 45.3 Å². The Kier molecular flexibility index (Phi) is 5.78. The number of furan rings is 1. The third-order valence-electron chi connectivity index (χ3n) is 8.51. The van der Waals surface area contributed by atoms with Gasteiger partial charge in [0.2, 0.25) is 0 Å². The van der Waals surface area contributed by atoms with E-state index in [1.54, 1.807) is 0 Å². The van der Waals surface area contributed by atoms with Crippen molar-refractivity contribution in [1.29, 1.82) is 0 Å². The van der Waals surface area contributed by atoms with Crippen molar-refractivity contribution in [2.24, 2.45) is 0 Å². The van der Waals surface area contributed by atoms with Crippen LogP contribution < -0.4 is 0 Å². The highest BCUT2D eigenvalue weighted by Crippen LogP contribution is 2.38. The van der Waals surface area contributed by atoms with Crippen molar-refractivity contribution in [2.45, 2.75) is 0 Å². The third kappa shape index (κ3) is 4.35. The van der Waals surface area contributed by atoms with E-state index in [9.17, 15) is 0 Å². The van der Waals surface area contributed by atoms with E-state index in [1.165, 1.54) is 5.39 Å². The Labute approximate surface area is 259 Å². The lowest BCUT2D eigenvalue weighted by Gasteiger charge is -2.13. The quantitative estimate of drug-likeness (QED) is 0.209. The van der Waals surface area contributed by atoms with Crippen molar-refractivity contribution in [1.82, 2.24) is 15.0 Å². The zero-order chi connectivity index (χ0) is 29.7.